The van der Waals surface area contributed by atoms with E-state index in [2.05, 4.69) is 11.6 Å². The standard InChI is InChI=1S/C27H24N2O5S/c1-3-15-34-21-13-11-19(17-22(21)33-4-2)24-23(20(30)12-10-18-8-6-5-7-9-18)25(31)26(32)29(24)27-28-14-16-35-27/h3,5-14,16-17,24,31H,1,4,15H2,2H3/b12-10+. The molecule has 1 N–H and O–H groups in total. The first-order chi connectivity index (χ1) is 17.0. The van der Waals surface area contributed by atoms with Crippen LogP contribution >= 0.6 is 11.3 Å². The Bertz CT molecular complexity index is 1280. The van der Waals surface area contributed by atoms with Gasteiger partial charge in [0.1, 0.15) is 6.61 Å². The highest BCUT2D eigenvalue weighted by Gasteiger charge is 2.45. The number of amides is 1. The number of anilines is 1. The maximum absolute atomic E-state index is 13.3. The van der Waals surface area contributed by atoms with Crippen LogP contribution in [0.3, 0.4) is 0 Å². The normalized spacial score (nSPS) is 15.6. The van der Waals surface area contributed by atoms with Crippen molar-refractivity contribution in [1.29, 1.82) is 0 Å². The molecule has 0 fully saturated rings. The fraction of sp³-hybridized carbons (Fsp3) is 0.148. The van der Waals surface area contributed by atoms with E-state index in [1.807, 2.05) is 37.3 Å². The minimum atomic E-state index is -0.894. The first-order valence-corrected chi connectivity index (χ1v) is 11.9. The summed E-state index contributed by atoms with van der Waals surface area (Å²) in [5.74, 6) is -0.806. The Labute approximate surface area is 207 Å². The Morgan fingerprint density at radius 3 is 2.69 bits per heavy atom. The fourth-order valence-corrected chi connectivity index (χ4v) is 4.43. The largest absolute Gasteiger partial charge is 0.503 e. The fourth-order valence-electron chi connectivity index (χ4n) is 3.76. The van der Waals surface area contributed by atoms with E-state index < -0.39 is 23.5 Å². The molecule has 0 saturated heterocycles. The third-order valence-electron chi connectivity index (χ3n) is 5.27. The molecule has 0 aliphatic carbocycles. The first-order valence-electron chi connectivity index (χ1n) is 11.0. The SMILES string of the molecule is C=CCOc1ccc(C2C(C(=O)/C=C/c3ccccc3)=C(O)C(=O)N2c2nccs2)cc1OCC. The van der Waals surface area contributed by atoms with E-state index in [9.17, 15) is 14.7 Å². The molecule has 8 heteroatoms. The van der Waals surface area contributed by atoms with Gasteiger partial charge in [0.15, 0.2) is 28.2 Å². The molecule has 1 unspecified atom stereocenters. The summed E-state index contributed by atoms with van der Waals surface area (Å²) < 4.78 is 11.4. The van der Waals surface area contributed by atoms with Gasteiger partial charge in [-0.1, -0.05) is 55.1 Å². The summed E-state index contributed by atoms with van der Waals surface area (Å²) in [7, 11) is 0. The van der Waals surface area contributed by atoms with Gasteiger partial charge in [0.05, 0.1) is 18.2 Å². The Kier molecular flexibility index (Phi) is 7.42. The van der Waals surface area contributed by atoms with E-state index in [0.717, 1.165) is 5.56 Å². The lowest BCUT2D eigenvalue weighted by atomic mass is 9.95. The number of nitrogens with zero attached hydrogens (tertiary/aromatic N) is 2. The number of benzene rings is 2. The topological polar surface area (TPSA) is 89.0 Å². The molecule has 2 heterocycles. The van der Waals surface area contributed by atoms with Gasteiger partial charge in [-0.25, -0.2) is 4.98 Å². The zero-order valence-electron chi connectivity index (χ0n) is 19.1. The lowest BCUT2D eigenvalue weighted by Crippen LogP contribution is -2.30. The molecule has 35 heavy (non-hydrogen) atoms. The number of hydrogen-bond acceptors (Lipinski definition) is 7. The van der Waals surface area contributed by atoms with Crippen molar-refractivity contribution < 1.29 is 24.2 Å². The maximum Gasteiger partial charge on any atom is 0.296 e. The van der Waals surface area contributed by atoms with Crippen LogP contribution in [0.2, 0.25) is 0 Å². The van der Waals surface area contributed by atoms with Crippen molar-refractivity contribution in [3.8, 4) is 11.5 Å². The van der Waals surface area contributed by atoms with Gasteiger partial charge in [0.25, 0.3) is 5.91 Å². The minimum absolute atomic E-state index is 0.0282. The smallest absolute Gasteiger partial charge is 0.296 e. The molecule has 0 saturated carbocycles. The second kappa shape index (κ2) is 10.8. The van der Waals surface area contributed by atoms with Crippen LogP contribution in [0, 0.1) is 0 Å². The Hall–Kier alpha value is -4.17. The number of carbonyl (C=O) groups excluding carboxylic acids is 2. The van der Waals surface area contributed by atoms with E-state index >= 15 is 0 Å². The van der Waals surface area contributed by atoms with Crippen LogP contribution in [0.4, 0.5) is 5.13 Å². The van der Waals surface area contributed by atoms with Crippen molar-refractivity contribution in [2.24, 2.45) is 0 Å². The first kappa shape index (κ1) is 24.0. The summed E-state index contributed by atoms with van der Waals surface area (Å²) in [6, 6.07) is 13.6. The second-order valence-corrected chi connectivity index (χ2v) is 8.37. The summed E-state index contributed by atoms with van der Waals surface area (Å²) >= 11 is 1.24. The van der Waals surface area contributed by atoms with Gasteiger partial charge >= 0.3 is 0 Å². The summed E-state index contributed by atoms with van der Waals surface area (Å²) in [5, 5.41) is 12.9. The number of aliphatic hydroxyl groups excluding tert-OH is 1. The van der Waals surface area contributed by atoms with Crippen LogP contribution in [0.1, 0.15) is 24.1 Å². The number of ketones is 1. The van der Waals surface area contributed by atoms with Crippen LogP contribution in [0.5, 0.6) is 11.5 Å². The molecule has 4 rings (SSSR count). The van der Waals surface area contributed by atoms with Gasteiger partial charge in [0.2, 0.25) is 0 Å². The van der Waals surface area contributed by atoms with E-state index in [1.165, 1.54) is 22.3 Å². The summed E-state index contributed by atoms with van der Waals surface area (Å²) in [5.41, 5.74) is 1.36. The quantitative estimate of drug-likeness (QED) is 0.308. The highest BCUT2D eigenvalue weighted by Crippen LogP contribution is 2.43. The van der Waals surface area contributed by atoms with Crippen LogP contribution in [-0.4, -0.2) is 35.0 Å². The zero-order valence-corrected chi connectivity index (χ0v) is 19.9. The molecule has 178 valence electrons. The van der Waals surface area contributed by atoms with Crippen LogP contribution in [0.25, 0.3) is 6.08 Å². The number of ether oxygens (including phenoxy) is 2. The van der Waals surface area contributed by atoms with Gasteiger partial charge < -0.3 is 14.6 Å². The molecule has 1 aliphatic rings. The number of allylic oxidation sites excluding steroid dienone is 1. The van der Waals surface area contributed by atoms with E-state index in [1.54, 1.807) is 41.9 Å². The molecular weight excluding hydrogens is 464 g/mol. The van der Waals surface area contributed by atoms with Crippen molar-refractivity contribution in [2.45, 2.75) is 13.0 Å². The van der Waals surface area contributed by atoms with Gasteiger partial charge in [-0.05, 0) is 36.3 Å². The molecule has 1 aliphatic heterocycles. The summed E-state index contributed by atoms with van der Waals surface area (Å²) in [4.78, 5) is 32.0. The average molecular weight is 489 g/mol. The van der Waals surface area contributed by atoms with Crippen molar-refractivity contribution in [3.05, 3.63) is 101 Å². The number of aliphatic hydroxyl groups is 1. The Balaban J connectivity index is 1.78. The van der Waals surface area contributed by atoms with Gasteiger partial charge in [-0.3, -0.25) is 14.5 Å². The molecular formula is C27H24N2O5S. The molecule has 1 amide bonds. The molecule has 2 aromatic carbocycles. The van der Waals surface area contributed by atoms with Crippen molar-refractivity contribution in [3.63, 3.8) is 0 Å². The number of rotatable bonds is 10. The highest BCUT2D eigenvalue weighted by molar-refractivity contribution is 7.13. The number of thiazole rings is 1. The van der Waals surface area contributed by atoms with Gasteiger partial charge in [-0.15, -0.1) is 11.3 Å². The monoisotopic (exact) mass is 488 g/mol. The van der Waals surface area contributed by atoms with E-state index in [0.29, 0.717) is 35.4 Å². The zero-order chi connectivity index (χ0) is 24.8. The van der Waals surface area contributed by atoms with E-state index in [4.69, 9.17) is 9.47 Å². The van der Waals surface area contributed by atoms with E-state index in [-0.39, 0.29) is 5.57 Å². The van der Waals surface area contributed by atoms with Crippen molar-refractivity contribution >= 4 is 34.2 Å². The second-order valence-electron chi connectivity index (χ2n) is 7.50. The molecule has 0 spiro atoms. The number of carbonyl (C=O) groups is 2. The lowest BCUT2D eigenvalue weighted by molar-refractivity contribution is -0.117. The third-order valence-corrected chi connectivity index (χ3v) is 6.04. The molecule has 0 radical (unpaired) electrons. The number of hydrogen-bond donors (Lipinski definition) is 1. The van der Waals surface area contributed by atoms with Crippen molar-refractivity contribution in [2.75, 3.05) is 18.1 Å². The average Bonchev–Trinajstić information content (AvgIpc) is 3.49. The lowest BCUT2D eigenvalue weighted by Gasteiger charge is -2.25. The maximum atomic E-state index is 13.3. The molecule has 3 aromatic rings. The number of aromatic nitrogens is 1. The Morgan fingerprint density at radius 1 is 1.20 bits per heavy atom. The van der Waals surface area contributed by atoms with Gasteiger partial charge in [0, 0.05) is 11.6 Å². The Morgan fingerprint density at radius 2 is 2.00 bits per heavy atom. The summed E-state index contributed by atoms with van der Waals surface area (Å²) in [6.45, 7) is 6.19. The van der Waals surface area contributed by atoms with Gasteiger partial charge in [-0.2, -0.15) is 0 Å². The predicted octanol–water partition coefficient (Wildman–Crippen LogP) is 5.29. The summed E-state index contributed by atoms with van der Waals surface area (Å²) in [6.07, 6.45) is 6.19. The minimum Gasteiger partial charge on any atom is -0.503 e. The molecule has 7 nitrogen and oxygen atoms in total. The van der Waals surface area contributed by atoms with Crippen LogP contribution in [0.15, 0.2) is 90.2 Å². The molecule has 1 aromatic heterocycles. The third kappa shape index (κ3) is 5.02. The molecule has 0 bridgehead atoms. The van der Waals surface area contributed by atoms with Crippen LogP contribution in [-0.2, 0) is 9.59 Å². The predicted molar refractivity (Wildman–Crippen MR) is 136 cm³/mol. The van der Waals surface area contributed by atoms with Crippen LogP contribution < -0.4 is 14.4 Å². The van der Waals surface area contributed by atoms with Crippen molar-refractivity contribution in [1.82, 2.24) is 4.98 Å². The molecule has 1 atom stereocenters. The highest BCUT2D eigenvalue weighted by atomic mass is 32.1.